The predicted octanol–water partition coefficient (Wildman–Crippen LogP) is 3.96. The van der Waals surface area contributed by atoms with E-state index in [-0.39, 0.29) is 0 Å². The number of fused-ring (bicyclic) bond motifs is 1. The highest BCUT2D eigenvalue weighted by Crippen LogP contribution is 2.26. The van der Waals surface area contributed by atoms with E-state index >= 15 is 0 Å². The predicted molar refractivity (Wildman–Crippen MR) is 72.4 cm³/mol. The third-order valence-electron chi connectivity index (χ3n) is 2.74. The number of nitrogens with zero attached hydrogens (tertiary/aromatic N) is 1. The zero-order valence-electron chi connectivity index (χ0n) is 9.05. The number of aromatic amines is 1. The summed E-state index contributed by atoms with van der Waals surface area (Å²) in [5.74, 6) is 0. The molecule has 0 saturated carbocycles. The van der Waals surface area contributed by atoms with Crippen LogP contribution in [0.5, 0.6) is 0 Å². The van der Waals surface area contributed by atoms with E-state index in [0.29, 0.717) is 0 Å². The van der Waals surface area contributed by atoms with Crippen LogP contribution in [0.3, 0.4) is 0 Å². The molecule has 17 heavy (non-hydrogen) atoms. The van der Waals surface area contributed by atoms with Gasteiger partial charge in [-0.2, -0.15) is 0 Å². The van der Waals surface area contributed by atoms with E-state index < -0.39 is 0 Å². The van der Waals surface area contributed by atoms with Gasteiger partial charge < -0.3 is 4.98 Å². The molecule has 2 nitrogen and oxygen atoms in total. The highest BCUT2D eigenvalue weighted by Gasteiger charge is 2.02. The van der Waals surface area contributed by atoms with Crippen LogP contribution in [-0.4, -0.2) is 9.97 Å². The van der Waals surface area contributed by atoms with Crippen molar-refractivity contribution in [1.82, 2.24) is 9.97 Å². The van der Waals surface area contributed by atoms with Gasteiger partial charge in [0.1, 0.15) is 4.64 Å². The van der Waals surface area contributed by atoms with Crippen LogP contribution in [0, 0.1) is 4.64 Å². The second-order valence-electron chi connectivity index (χ2n) is 3.83. The Balaban J connectivity index is 2.34. The highest BCUT2D eigenvalue weighted by molar-refractivity contribution is 7.71. The van der Waals surface area contributed by atoms with E-state index in [1.165, 1.54) is 5.39 Å². The molecule has 0 aliphatic heterocycles. The molecule has 0 radical (unpaired) electrons. The largest absolute Gasteiger partial charge is 0.346 e. The minimum Gasteiger partial charge on any atom is -0.346 e. The first-order valence-corrected chi connectivity index (χ1v) is 5.78. The number of H-pyrrole nitrogens is 1. The Morgan fingerprint density at radius 2 is 1.88 bits per heavy atom. The molecule has 3 heteroatoms. The Hall–Kier alpha value is -2.00. The van der Waals surface area contributed by atoms with Gasteiger partial charge in [0.2, 0.25) is 0 Å². The summed E-state index contributed by atoms with van der Waals surface area (Å²) in [6, 6.07) is 14.1. The Morgan fingerprint density at radius 3 is 2.76 bits per heavy atom. The quantitative estimate of drug-likeness (QED) is 0.650. The van der Waals surface area contributed by atoms with Gasteiger partial charge >= 0.3 is 0 Å². The van der Waals surface area contributed by atoms with Crippen LogP contribution in [-0.2, 0) is 0 Å². The maximum absolute atomic E-state index is 5.15. The lowest BCUT2D eigenvalue weighted by Crippen LogP contribution is -1.85. The summed E-state index contributed by atoms with van der Waals surface area (Å²) in [6.07, 6.45) is 3.68. The summed E-state index contributed by atoms with van der Waals surface area (Å²) in [5.41, 5.74) is 2.19. The molecule has 0 bridgehead atoms. The van der Waals surface area contributed by atoms with E-state index in [1.807, 2.05) is 42.7 Å². The summed E-state index contributed by atoms with van der Waals surface area (Å²) < 4.78 is 0.744. The number of hydrogen-bond donors (Lipinski definition) is 1. The second kappa shape index (κ2) is 4.11. The molecule has 3 aromatic rings. The lowest BCUT2D eigenvalue weighted by atomic mass is 10.0. The van der Waals surface area contributed by atoms with Crippen LogP contribution < -0.4 is 0 Å². The molecular formula is C14H10N2S. The van der Waals surface area contributed by atoms with Crippen LogP contribution in [0.4, 0.5) is 0 Å². The van der Waals surface area contributed by atoms with Crippen molar-refractivity contribution in [3.05, 3.63) is 59.5 Å². The molecule has 0 spiro atoms. The average Bonchev–Trinajstić information content (AvgIpc) is 2.38. The van der Waals surface area contributed by atoms with Gasteiger partial charge in [0.25, 0.3) is 0 Å². The van der Waals surface area contributed by atoms with Crippen LogP contribution in [0.2, 0.25) is 0 Å². The van der Waals surface area contributed by atoms with E-state index in [0.717, 1.165) is 21.3 Å². The number of hydrogen-bond acceptors (Lipinski definition) is 2. The standard InChI is InChI=1S/C14H10N2S/c17-14-6-2-5-13(16-14)12-4-1-3-10-9-15-8-7-11(10)12/h1-9H,(H,16,17). The fourth-order valence-electron chi connectivity index (χ4n) is 1.96. The summed E-state index contributed by atoms with van der Waals surface area (Å²) in [7, 11) is 0. The number of aromatic nitrogens is 2. The van der Waals surface area contributed by atoms with Gasteiger partial charge in [-0.05, 0) is 23.6 Å². The van der Waals surface area contributed by atoms with Gasteiger partial charge in [0.05, 0.1) is 0 Å². The lowest BCUT2D eigenvalue weighted by Gasteiger charge is -2.06. The molecule has 1 aromatic carbocycles. The molecule has 0 amide bonds. The lowest BCUT2D eigenvalue weighted by molar-refractivity contribution is 1.30. The van der Waals surface area contributed by atoms with Crippen molar-refractivity contribution in [2.75, 3.05) is 0 Å². The first-order valence-electron chi connectivity index (χ1n) is 5.37. The first-order chi connectivity index (χ1) is 8.34. The molecule has 82 valence electrons. The van der Waals surface area contributed by atoms with Gasteiger partial charge in [0, 0.05) is 29.0 Å². The van der Waals surface area contributed by atoms with E-state index in [9.17, 15) is 0 Å². The second-order valence-corrected chi connectivity index (χ2v) is 4.27. The maximum Gasteiger partial charge on any atom is 0.103 e. The molecule has 0 unspecified atom stereocenters. The van der Waals surface area contributed by atoms with Crippen LogP contribution in [0.15, 0.2) is 54.9 Å². The van der Waals surface area contributed by atoms with E-state index in [4.69, 9.17) is 12.2 Å². The van der Waals surface area contributed by atoms with Crippen LogP contribution in [0.1, 0.15) is 0 Å². The maximum atomic E-state index is 5.15. The van der Waals surface area contributed by atoms with Gasteiger partial charge in [0.15, 0.2) is 0 Å². The van der Waals surface area contributed by atoms with Gasteiger partial charge in [-0.1, -0.05) is 36.5 Å². The summed E-state index contributed by atoms with van der Waals surface area (Å²) >= 11 is 5.15. The number of benzene rings is 1. The fraction of sp³-hybridized carbons (Fsp3) is 0. The molecule has 0 fully saturated rings. The fourth-order valence-corrected chi connectivity index (χ4v) is 2.15. The summed E-state index contributed by atoms with van der Waals surface area (Å²) in [5, 5.41) is 2.31. The Labute approximate surface area is 104 Å². The van der Waals surface area contributed by atoms with Crippen molar-refractivity contribution >= 4 is 23.0 Å². The molecule has 3 rings (SSSR count). The summed E-state index contributed by atoms with van der Waals surface area (Å²) in [6.45, 7) is 0. The minimum absolute atomic E-state index is 0.744. The smallest absolute Gasteiger partial charge is 0.103 e. The molecule has 2 heterocycles. The van der Waals surface area contributed by atoms with Crippen molar-refractivity contribution < 1.29 is 0 Å². The van der Waals surface area contributed by atoms with Crippen LogP contribution in [0.25, 0.3) is 22.0 Å². The normalized spacial score (nSPS) is 10.6. The third kappa shape index (κ3) is 1.85. The number of pyridine rings is 2. The monoisotopic (exact) mass is 238 g/mol. The van der Waals surface area contributed by atoms with Gasteiger partial charge in [-0.3, -0.25) is 4.98 Å². The molecule has 1 N–H and O–H groups in total. The Morgan fingerprint density at radius 1 is 1.00 bits per heavy atom. The highest BCUT2D eigenvalue weighted by atomic mass is 32.1. The Bertz CT molecular complexity index is 726. The molecular weight excluding hydrogens is 228 g/mol. The Kier molecular flexibility index (Phi) is 2.46. The van der Waals surface area contributed by atoms with Gasteiger partial charge in [-0.25, -0.2) is 0 Å². The average molecular weight is 238 g/mol. The van der Waals surface area contributed by atoms with Crippen molar-refractivity contribution in [3.8, 4) is 11.3 Å². The van der Waals surface area contributed by atoms with E-state index in [1.54, 1.807) is 0 Å². The zero-order chi connectivity index (χ0) is 11.7. The summed E-state index contributed by atoms with van der Waals surface area (Å²) in [4.78, 5) is 7.34. The number of nitrogens with one attached hydrogen (secondary N) is 1. The van der Waals surface area contributed by atoms with Crippen molar-refractivity contribution in [2.45, 2.75) is 0 Å². The number of rotatable bonds is 1. The van der Waals surface area contributed by atoms with Gasteiger partial charge in [-0.15, -0.1) is 0 Å². The van der Waals surface area contributed by atoms with Crippen molar-refractivity contribution in [2.24, 2.45) is 0 Å². The van der Waals surface area contributed by atoms with E-state index in [2.05, 4.69) is 22.1 Å². The minimum atomic E-state index is 0.744. The molecule has 0 aliphatic carbocycles. The molecule has 0 saturated heterocycles. The third-order valence-corrected chi connectivity index (χ3v) is 2.98. The first kappa shape index (κ1) is 10.2. The molecule has 0 atom stereocenters. The topological polar surface area (TPSA) is 28.7 Å². The van der Waals surface area contributed by atoms with Crippen molar-refractivity contribution in [3.63, 3.8) is 0 Å². The SMILES string of the molecule is S=c1cccc(-c2cccc3cnccc23)[nH]1. The molecule has 0 aliphatic rings. The van der Waals surface area contributed by atoms with Crippen LogP contribution >= 0.6 is 12.2 Å². The zero-order valence-corrected chi connectivity index (χ0v) is 9.87. The van der Waals surface area contributed by atoms with Crippen molar-refractivity contribution in [1.29, 1.82) is 0 Å². The molecule has 2 aromatic heterocycles.